The zero-order valence-corrected chi connectivity index (χ0v) is 16.0. The van der Waals surface area contributed by atoms with Crippen LogP contribution in [0.1, 0.15) is 0 Å². The van der Waals surface area contributed by atoms with E-state index < -0.39 is 13.9 Å². The molecule has 0 heterocycles. The van der Waals surface area contributed by atoms with Crippen molar-refractivity contribution in [2.75, 3.05) is 6.29 Å². The number of nitrogens with zero attached hydrogens (tertiary/aromatic N) is 1. The van der Waals surface area contributed by atoms with Gasteiger partial charge in [-0.05, 0) is 47.4 Å². The third kappa shape index (κ3) is 13.6. The van der Waals surface area contributed by atoms with E-state index in [4.69, 9.17) is 34.7 Å². The highest BCUT2D eigenvalue weighted by Crippen LogP contribution is 2.47. The summed E-state index contributed by atoms with van der Waals surface area (Å²) >= 11 is 0. The van der Waals surface area contributed by atoms with E-state index in [2.05, 4.69) is 119 Å². The smallest absolute Gasteiger partial charge is 0.359 e. The van der Waals surface area contributed by atoms with E-state index in [1.807, 2.05) is 0 Å². The molecule has 0 rings (SSSR count). The Kier molecular flexibility index (Phi) is 13.6. The van der Waals surface area contributed by atoms with Crippen LogP contribution in [0.5, 0.6) is 0 Å². The number of rotatable bonds is 4. The lowest BCUT2D eigenvalue weighted by Gasteiger charge is -2.15. The summed E-state index contributed by atoms with van der Waals surface area (Å²) in [5, 5.41) is 0. The van der Waals surface area contributed by atoms with Crippen molar-refractivity contribution in [2.24, 2.45) is 0 Å². The predicted molar refractivity (Wildman–Crippen MR) is 114 cm³/mol. The van der Waals surface area contributed by atoms with Crippen LogP contribution in [0.25, 0.3) is 0 Å². The summed E-state index contributed by atoms with van der Waals surface area (Å²) < 4.78 is 22.8. The lowest BCUT2D eigenvalue weighted by molar-refractivity contribution is 0.341. The molecule has 0 aliphatic rings. The van der Waals surface area contributed by atoms with E-state index >= 15 is 0 Å². The molecule has 134 valence electrons. The van der Waals surface area contributed by atoms with Crippen LogP contribution in [-0.4, -0.2) is 11.2 Å². The SMILES string of the molecule is C#CC#CC#CC#COP(=O)(CN(C#CC#C)C#CC#C)OC#CC#CC#CC#C. The van der Waals surface area contributed by atoms with Crippen LogP contribution in [0.4, 0.5) is 0 Å². The monoisotopic (exact) mass is 399 g/mol. The van der Waals surface area contributed by atoms with Crippen molar-refractivity contribution in [3.05, 3.63) is 0 Å². The van der Waals surface area contributed by atoms with E-state index in [0.717, 1.165) is 4.90 Å². The third-order valence-corrected chi connectivity index (χ3v) is 3.32. The molecule has 0 saturated carbocycles. The van der Waals surface area contributed by atoms with Crippen LogP contribution < -0.4 is 0 Å². The molecule has 0 radical (unpaired) electrons. The second kappa shape index (κ2) is 16.8. The molecule has 30 heavy (non-hydrogen) atoms. The zero-order valence-electron chi connectivity index (χ0n) is 15.1. The summed E-state index contributed by atoms with van der Waals surface area (Å²) in [6, 6.07) is 4.86. The molecular formula is C25H6NO3P. The summed E-state index contributed by atoms with van der Waals surface area (Å²) in [6.45, 7) is 0. The molecule has 0 fully saturated rings. The van der Waals surface area contributed by atoms with Gasteiger partial charge in [0, 0.05) is 59.5 Å². The molecule has 0 aromatic rings. The van der Waals surface area contributed by atoms with Crippen molar-refractivity contribution >= 4 is 7.60 Å². The van der Waals surface area contributed by atoms with Crippen LogP contribution in [0.15, 0.2) is 0 Å². The van der Waals surface area contributed by atoms with Crippen LogP contribution >= 0.6 is 7.60 Å². The van der Waals surface area contributed by atoms with E-state index in [9.17, 15) is 4.57 Å². The molecule has 0 N–H and O–H groups in total. The predicted octanol–water partition coefficient (Wildman–Crippen LogP) is 0.862. The standard InChI is InChI=1S/C25H6NO3P/c1-5-9-13-15-17-19-23-28-30(27,29-24-20-18-16-14-10-6-2)25-26(21-11-7-3)22-12-8-4/h1-4H,25H2. The van der Waals surface area contributed by atoms with Gasteiger partial charge in [0.15, 0.2) is 6.29 Å². The quantitative estimate of drug-likeness (QED) is 0.400. The Balaban J connectivity index is 5.69. The van der Waals surface area contributed by atoms with Gasteiger partial charge in [-0.2, -0.15) is 0 Å². The third-order valence-electron chi connectivity index (χ3n) is 1.96. The minimum atomic E-state index is -4.01. The molecule has 4 nitrogen and oxygen atoms in total. The summed E-state index contributed by atoms with van der Waals surface area (Å²) in [5.74, 6) is 35.9. The summed E-state index contributed by atoms with van der Waals surface area (Å²) in [6.07, 6.45) is 23.7. The molecule has 5 heteroatoms. The van der Waals surface area contributed by atoms with Gasteiger partial charge in [0.25, 0.3) is 0 Å². The van der Waals surface area contributed by atoms with Gasteiger partial charge < -0.3 is 9.05 Å². The normalized spacial score (nSPS) is 6.00. The van der Waals surface area contributed by atoms with E-state index in [1.54, 1.807) is 0 Å². The fraction of sp³-hybridized carbons (Fsp3) is 0.0400. The first-order valence-corrected chi connectivity index (χ1v) is 8.92. The van der Waals surface area contributed by atoms with E-state index in [-0.39, 0.29) is 0 Å². The molecule has 0 atom stereocenters. The average molecular weight is 399 g/mol. The Morgan fingerprint density at radius 3 is 1.33 bits per heavy atom. The van der Waals surface area contributed by atoms with Gasteiger partial charge in [-0.15, -0.1) is 25.7 Å². The van der Waals surface area contributed by atoms with E-state index in [0.29, 0.717) is 0 Å². The van der Waals surface area contributed by atoms with Crippen molar-refractivity contribution in [3.8, 4) is 145 Å². The van der Waals surface area contributed by atoms with Crippen molar-refractivity contribution in [2.45, 2.75) is 0 Å². The average Bonchev–Trinajstić information content (AvgIpc) is 2.74. The van der Waals surface area contributed by atoms with Gasteiger partial charge in [-0.1, -0.05) is 0 Å². The highest BCUT2D eigenvalue weighted by Gasteiger charge is 2.29. The molecule has 0 bridgehead atoms. The lowest BCUT2D eigenvalue weighted by Crippen LogP contribution is -2.14. The minimum absolute atomic E-state index is 0.492. The molecule has 0 amide bonds. The number of terminal acetylenes is 4. The molecule has 0 unspecified atom stereocenters. The van der Waals surface area contributed by atoms with Crippen LogP contribution in [-0.2, 0) is 13.6 Å². The zero-order chi connectivity index (χ0) is 22.3. The van der Waals surface area contributed by atoms with Crippen molar-refractivity contribution in [1.82, 2.24) is 4.90 Å². The molecule has 0 aromatic heterocycles. The topological polar surface area (TPSA) is 38.8 Å². The van der Waals surface area contributed by atoms with Crippen LogP contribution in [0, 0.1) is 145 Å². The molecule has 0 spiro atoms. The Morgan fingerprint density at radius 2 is 0.933 bits per heavy atom. The van der Waals surface area contributed by atoms with Gasteiger partial charge >= 0.3 is 7.60 Å². The maximum atomic E-state index is 12.9. The van der Waals surface area contributed by atoms with Crippen LogP contribution in [0.3, 0.4) is 0 Å². The molecule has 0 aromatic carbocycles. The van der Waals surface area contributed by atoms with Crippen molar-refractivity contribution in [3.63, 3.8) is 0 Å². The lowest BCUT2D eigenvalue weighted by atomic mass is 10.5. The fourth-order valence-corrected chi connectivity index (χ4v) is 2.05. The van der Waals surface area contributed by atoms with Crippen molar-refractivity contribution < 1.29 is 13.6 Å². The Hall–Kier alpha value is -5.65. The minimum Gasteiger partial charge on any atom is -0.359 e. The fourth-order valence-electron chi connectivity index (χ4n) is 1.04. The van der Waals surface area contributed by atoms with E-state index in [1.165, 1.54) is 0 Å². The molecule has 0 aliphatic heterocycles. The Morgan fingerprint density at radius 1 is 0.567 bits per heavy atom. The molecule has 0 saturated heterocycles. The second-order valence-corrected chi connectivity index (χ2v) is 5.74. The van der Waals surface area contributed by atoms with Gasteiger partial charge in [-0.25, -0.2) is 9.46 Å². The summed E-state index contributed by atoms with van der Waals surface area (Å²) in [7, 11) is -4.01. The molecular weight excluding hydrogens is 393 g/mol. The first-order chi connectivity index (χ1) is 14.6. The van der Waals surface area contributed by atoms with Crippen molar-refractivity contribution in [1.29, 1.82) is 0 Å². The molecule has 0 aliphatic carbocycles. The van der Waals surface area contributed by atoms with Gasteiger partial charge in [0.2, 0.25) is 0 Å². The maximum absolute atomic E-state index is 12.9. The van der Waals surface area contributed by atoms with Gasteiger partial charge in [0.05, 0.1) is 0 Å². The second-order valence-electron chi connectivity index (χ2n) is 3.87. The highest BCUT2D eigenvalue weighted by atomic mass is 31.2. The van der Waals surface area contributed by atoms with Gasteiger partial charge in [-0.3, -0.25) is 0 Å². The number of hydrogen-bond donors (Lipinski definition) is 0. The highest BCUT2D eigenvalue weighted by molar-refractivity contribution is 7.54. The van der Waals surface area contributed by atoms with Gasteiger partial charge in [0.1, 0.15) is 12.2 Å². The number of hydrogen-bond acceptors (Lipinski definition) is 4. The Bertz CT molecular complexity index is 1290. The Labute approximate surface area is 177 Å². The largest absolute Gasteiger partial charge is 0.468 e. The first kappa shape index (κ1) is 24.4. The maximum Gasteiger partial charge on any atom is 0.468 e. The first-order valence-electron chi connectivity index (χ1n) is 7.19. The summed E-state index contributed by atoms with van der Waals surface area (Å²) in [4.78, 5) is 1.01. The summed E-state index contributed by atoms with van der Waals surface area (Å²) in [5.41, 5.74) is 0. The van der Waals surface area contributed by atoms with Crippen LogP contribution in [0.2, 0.25) is 0 Å².